The number of Topliss-reactive ketones (excluding diaryl/α,β-unsaturated/α-hetero) is 1. The van der Waals surface area contributed by atoms with Gasteiger partial charge in [0.05, 0.1) is 6.42 Å². The Morgan fingerprint density at radius 2 is 2.11 bits per heavy atom. The number of aromatic nitrogens is 3. The van der Waals surface area contributed by atoms with Crippen LogP contribution in [-0.4, -0.2) is 20.9 Å². The standard InChI is InChI=1S/C14H17N3O2/c1-9-6-5-7-15-12(9)13-16-11(19-17-13)8-10(18)14(2,3)4/h5-7H,8H2,1-4H3. The molecule has 0 aliphatic carbocycles. The van der Waals surface area contributed by atoms with E-state index in [1.54, 1.807) is 6.20 Å². The van der Waals surface area contributed by atoms with E-state index in [4.69, 9.17) is 4.52 Å². The quantitative estimate of drug-likeness (QED) is 0.847. The third kappa shape index (κ3) is 3.05. The summed E-state index contributed by atoms with van der Waals surface area (Å²) in [7, 11) is 0. The monoisotopic (exact) mass is 259 g/mol. The Labute approximate surface area is 112 Å². The van der Waals surface area contributed by atoms with Crippen LogP contribution in [0.25, 0.3) is 11.5 Å². The fraction of sp³-hybridized carbons (Fsp3) is 0.429. The Kier molecular flexibility index (Phi) is 3.46. The summed E-state index contributed by atoms with van der Waals surface area (Å²) in [6.45, 7) is 7.54. The molecule has 5 nitrogen and oxygen atoms in total. The zero-order valence-corrected chi connectivity index (χ0v) is 11.6. The molecule has 0 aliphatic rings. The van der Waals surface area contributed by atoms with Crippen molar-refractivity contribution < 1.29 is 9.32 Å². The summed E-state index contributed by atoms with van der Waals surface area (Å²) in [5.41, 5.74) is 1.24. The molecule has 0 bridgehead atoms. The molecule has 0 fully saturated rings. The predicted molar refractivity (Wildman–Crippen MR) is 70.4 cm³/mol. The predicted octanol–water partition coefficient (Wildman–Crippen LogP) is 2.60. The molecular formula is C14H17N3O2. The first kappa shape index (κ1) is 13.4. The molecule has 100 valence electrons. The topological polar surface area (TPSA) is 68.9 Å². The van der Waals surface area contributed by atoms with Gasteiger partial charge >= 0.3 is 0 Å². The summed E-state index contributed by atoms with van der Waals surface area (Å²) >= 11 is 0. The van der Waals surface area contributed by atoms with Gasteiger partial charge in [0.1, 0.15) is 11.5 Å². The Morgan fingerprint density at radius 3 is 2.74 bits per heavy atom. The molecule has 0 unspecified atom stereocenters. The molecule has 0 aliphatic heterocycles. The molecule has 0 saturated heterocycles. The van der Waals surface area contributed by atoms with Gasteiger partial charge in [-0.15, -0.1) is 0 Å². The van der Waals surface area contributed by atoms with E-state index in [-0.39, 0.29) is 12.2 Å². The van der Waals surface area contributed by atoms with Crippen LogP contribution in [0, 0.1) is 12.3 Å². The first-order valence-electron chi connectivity index (χ1n) is 6.16. The van der Waals surface area contributed by atoms with Crippen molar-refractivity contribution in [2.45, 2.75) is 34.1 Å². The van der Waals surface area contributed by atoms with Gasteiger partial charge in [0.25, 0.3) is 0 Å². The second kappa shape index (κ2) is 4.91. The van der Waals surface area contributed by atoms with Crippen LogP contribution in [-0.2, 0) is 11.2 Å². The largest absolute Gasteiger partial charge is 0.338 e. The van der Waals surface area contributed by atoms with Crippen LogP contribution in [0.3, 0.4) is 0 Å². The minimum Gasteiger partial charge on any atom is -0.338 e. The van der Waals surface area contributed by atoms with Crippen LogP contribution in [0.5, 0.6) is 0 Å². The van der Waals surface area contributed by atoms with Crippen LogP contribution < -0.4 is 0 Å². The Balaban J connectivity index is 2.21. The molecule has 2 aromatic heterocycles. The third-order valence-corrected chi connectivity index (χ3v) is 2.84. The number of rotatable bonds is 3. The second-order valence-corrected chi connectivity index (χ2v) is 5.53. The zero-order valence-electron chi connectivity index (χ0n) is 11.6. The lowest BCUT2D eigenvalue weighted by molar-refractivity contribution is -0.125. The van der Waals surface area contributed by atoms with Crippen LogP contribution in [0.15, 0.2) is 22.9 Å². The van der Waals surface area contributed by atoms with Gasteiger partial charge in [0.15, 0.2) is 0 Å². The maximum Gasteiger partial charge on any atom is 0.234 e. The van der Waals surface area contributed by atoms with Crippen molar-refractivity contribution in [2.24, 2.45) is 5.41 Å². The van der Waals surface area contributed by atoms with Crippen molar-refractivity contribution in [3.63, 3.8) is 0 Å². The molecule has 2 rings (SSSR count). The van der Waals surface area contributed by atoms with Crippen LogP contribution >= 0.6 is 0 Å². The average molecular weight is 259 g/mol. The highest BCUT2D eigenvalue weighted by Crippen LogP contribution is 2.20. The summed E-state index contributed by atoms with van der Waals surface area (Å²) in [4.78, 5) is 20.4. The van der Waals surface area contributed by atoms with Crippen LogP contribution in [0.4, 0.5) is 0 Å². The van der Waals surface area contributed by atoms with Gasteiger partial charge in [0, 0.05) is 11.6 Å². The van der Waals surface area contributed by atoms with E-state index in [1.807, 2.05) is 39.8 Å². The number of ketones is 1. The molecule has 0 N–H and O–H groups in total. The number of hydrogen-bond acceptors (Lipinski definition) is 5. The van der Waals surface area contributed by atoms with Gasteiger partial charge in [-0.05, 0) is 18.6 Å². The maximum absolute atomic E-state index is 11.9. The summed E-state index contributed by atoms with van der Waals surface area (Å²) in [5, 5.41) is 3.88. The molecular weight excluding hydrogens is 242 g/mol. The van der Waals surface area contributed by atoms with Crippen molar-refractivity contribution in [1.29, 1.82) is 0 Å². The van der Waals surface area contributed by atoms with Gasteiger partial charge in [-0.2, -0.15) is 4.98 Å². The van der Waals surface area contributed by atoms with E-state index in [0.717, 1.165) is 5.56 Å². The van der Waals surface area contributed by atoms with E-state index in [2.05, 4.69) is 15.1 Å². The van der Waals surface area contributed by atoms with Gasteiger partial charge in [-0.1, -0.05) is 32.0 Å². The smallest absolute Gasteiger partial charge is 0.234 e. The summed E-state index contributed by atoms with van der Waals surface area (Å²) in [6.07, 6.45) is 1.83. The molecule has 5 heteroatoms. The molecule has 0 radical (unpaired) electrons. The molecule has 0 atom stereocenters. The van der Waals surface area contributed by atoms with Crippen molar-refractivity contribution in [2.75, 3.05) is 0 Å². The molecule has 0 spiro atoms. The average Bonchev–Trinajstić information content (AvgIpc) is 2.76. The van der Waals surface area contributed by atoms with E-state index in [0.29, 0.717) is 17.4 Å². The van der Waals surface area contributed by atoms with Crippen molar-refractivity contribution in [1.82, 2.24) is 15.1 Å². The lowest BCUT2D eigenvalue weighted by Gasteiger charge is -2.14. The molecule has 0 amide bonds. The fourth-order valence-electron chi connectivity index (χ4n) is 1.55. The zero-order chi connectivity index (χ0) is 14.0. The SMILES string of the molecule is Cc1cccnc1-c1noc(CC(=O)C(C)(C)C)n1. The maximum atomic E-state index is 11.9. The number of carbonyl (C=O) groups excluding carboxylic acids is 1. The number of nitrogens with zero attached hydrogens (tertiary/aromatic N) is 3. The molecule has 0 aromatic carbocycles. The highest BCUT2D eigenvalue weighted by molar-refractivity contribution is 5.85. The van der Waals surface area contributed by atoms with Crippen molar-refractivity contribution >= 4 is 5.78 Å². The fourth-order valence-corrected chi connectivity index (χ4v) is 1.55. The first-order valence-corrected chi connectivity index (χ1v) is 6.16. The van der Waals surface area contributed by atoms with E-state index in [9.17, 15) is 4.79 Å². The van der Waals surface area contributed by atoms with Crippen LogP contribution in [0.2, 0.25) is 0 Å². The van der Waals surface area contributed by atoms with E-state index in [1.165, 1.54) is 0 Å². The van der Waals surface area contributed by atoms with Crippen LogP contribution in [0.1, 0.15) is 32.2 Å². The van der Waals surface area contributed by atoms with Crippen molar-refractivity contribution in [3.05, 3.63) is 29.8 Å². The summed E-state index contributed by atoms with van der Waals surface area (Å²) < 4.78 is 5.12. The van der Waals surface area contributed by atoms with Crippen molar-refractivity contribution in [3.8, 4) is 11.5 Å². The minimum atomic E-state index is -0.407. The third-order valence-electron chi connectivity index (χ3n) is 2.84. The highest BCUT2D eigenvalue weighted by Gasteiger charge is 2.24. The number of pyridine rings is 1. The second-order valence-electron chi connectivity index (χ2n) is 5.53. The normalized spacial score (nSPS) is 11.6. The van der Waals surface area contributed by atoms with Gasteiger partial charge < -0.3 is 4.52 Å². The molecule has 19 heavy (non-hydrogen) atoms. The lowest BCUT2D eigenvalue weighted by atomic mass is 9.89. The Hall–Kier alpha value is -2.04. The van der Waals surface area contributed by atoms with E-state index < -0.39 is 5.41 Å². The highest BCUT2D eigenvalue weighted by atomic mass is 16.5. The number of carbonyl (C=O) groups is 1. The lowest BCUT2D eigenvalue weighted by Crippen LogP contribution is -2.22. The first-order chi connectivity index (χ1) is 8.88. The molecule has 0 saturated carbocycles. The summed E-state index contributed by atoms with van der Waals surface area (Å²) in [6, 6.07) is 3.78. The van der Waals surface area contributed by atoms with Gasteiger partial charge in [-0.25, -0.2) is 0 Å². The van der Waals surface area contributed by atoms with Gasteiger partial charge in [-0.3, -0.25) is 9.78 Å². The molecule has 2 aromatic rings. The molecule has 2 heterocycles. The summed E-state index contributed by atoms with van der Waals surface area (Å²) in [5.74, 6) is 0.829. The number of aryl methyl sites for hydroxylation is 1. The van der Waals surface area contributed by atoms with E-state index >= 15 is 0 Å². The minimum absolute atomic E-state index is 0.0699. The van der Waals surface area contributed by atoms with Gasteiger partial charge in [0.2, 0.25) is 11.7 Å². The Bertz CT molecular complexity index is 597. The number of hydrogen-bond donors (Lipinski definition) is 0. The Morgan fingerprint density at radius 1 is 1.37 bits per heavy atom.